The molecule has 0 saturated carbocycles. The summed E-state index contributed by atoms with van der Waals surface area (Å²) in [6.45, 7) is 5.67. The van der Waals surface area contributed by atoms with E-state index in [2.05, 4.69) is 0 Å². The third-order valence-corrected chi connectivity index (χ3v) is 8.63. The summed E-state index contributed by atoms with van der Waals surface area (Å²) in [5.41, 5.74) is 0.278. The molecule has 1 aromatic rings. The molecule has 3 fully saturated rings. The number of methoxy groups -OCH3 is 1. The van der Waals surface area contributed by atoms with E-state index in [4.69, 9.17) is 9.47 Å². The summed E-state index contributed by atoms with van der Waals surface area (Å²) in [6.07, 6.45) is 1.42. The fourth-order valence-corrected chi connectivity index (χ4v) is 7.17. The lowest BCUT2D eigenvalue weighted by Gasteiger charge is -2.39. The van der Waals surface area contributed by atoms with Crippen LogP contribution < -0.4 is 4.74 Å². The van der Waals surface area contributed by atoms with Gasteiger partial charge in [-0.2, -0.15) is 4.31 Å². The van der Waals surface area contributed by atoms with Gasteiger partial charge in [0.2, 0.25) is 15.9 Å². The van der Waals surface area contributed by atoms with Gasteiger partial charge in [0.15, 0.2) is 0 Å². The second kappa shape index (κ2) is 7.56. The van der Waals surface area contributed by atoms with Gasteiger partial charge in [-0.05, 0) is 36.5 Å². The summed E-state index contributed by atoms with van der Waals surface area (Å²) < 4.78 is 39.4. The SMILES string of the molecule is COc1ccc(CCN2C[C@]34CN(C(=O)CC(C)C)C[C@H](C[C@H]3S2(=O)=O)O4)cc1. The molecule has 2 bridgehead atoms. The molecule has 0 radical (unpaired) electrons. The van der Waals surface area contributed by atoms with E-state index in [0.29, 0.717) is 45.4 Å². The quantitative estimate of drug-likeness (QED) is 0.697. The van der Waals surface area contributed by atoms with Crippen molar-refractivity contribution < 1.29 is 22.7 Å². The first-order valence-electron chi connectivity index (χ1n) is 10.3. The number of hydrogen-bond donors (Lipinski definition) is 0. The van der Waals surface area contributed by atoms with Crippen LogP contribution in [0, 0.1) is 5.92 Å². The maximum atomic E-state index is 13.2. The zero-order valence-electron chi connectivity index (χ0n) is 17.3. The first-order valence-corrected chi connectivity index (χ1v) is 11.8. The maximum Gasteiger partial charge on any atom is 0.223 e. The van der Waals surface area contributed by atoms with Crippen molar-refractivity contribution >= 4 is 15.9 Å². The Labute approximate surface area is 173 Å². The Morgan fingerprint density at radius 2 is 2.00 bits per heavy atom. The van der Waals surface area contributed by atoms with Gasteiger partial charge in [0.1, 0.15) is 16.6 Å². The molecule has 8 heteroatoms. The minimum atomic E-state index is -3.44. The lowest BCUT2D eigenvalue weighted by molar-refractivity contribution is -0.151. The molecule has 1 aromatic carbocycles. The maximum absolute atomic E-state index is 13.2. The van der Waals surface area contributed by atoms with Gasteiger partial charge in [-0.1, -0.05) is 26.0 Å². The largest absolute Gasteiger partial charge is 0.497 e. The summed E-state index contributed by atoms with van der Waals surface area (Å²) in [7, 11) is -1.82. The summed E-state index contributed by atoms with van der Waals surface area (Å²) in [6, 6.07) is 7.68. The normalized spacial score (nSPS) is 30.6. The van der Waals surface area contributed by atoms with Gasteiger partial charge in [0.25, 0.3) is 0 Å². The highest BCUT2D eigenvalue weighted by Gasteiger charge is 2.65. The molecule has 3 saturated heterocycles. The Morgan fingerprint density at radius 1 is 1.28 bits per heavy atom. The van der Waals surface area contributed by atoms with Gasteiger partial charge in [0, 0.05) is 26.1 Å². The van der Waals surface area contributed by atoms with Crippen LogP contribution in [0.5, 0.6) is 5.75 Å². The average Bonchev–Trinajstić information content (AvgIpc) is 3.05. The van der Waals surface area contributed by atoms with E-state index >= 15 is 0 Å². The Kier molecular flexibility index (Phi) is 5.38. The van der Waals surface area contributed by atoms with Crippen LogP contribution in [0.25, 0.3) is 0 Å². The molecule has 0 aliphatic carbocycles. The number of morpholine rings is 1. The number of benzene rings is 1. The summed E-state index contributed by atoms with van der Waals surface area (Å²) in [5, 5.41) is -0.548. The van der Waals surface area contributed by atoms with E-state index in [1.54, 1.807) is 11.4 Å². The molecule has 0 unspecified atom stereocenters. The van der Waals surface area contributed by atoms with E-state index in [9.17, 15) is 13.2 Å². The summed E-state index contributed by atoms with van der Waals surface area (Å²) in [4.78, 5) is 14.4. The monoisotopic (exact) mass is 422 g/mol. The number of fused-ring (bicyclic) bond motifs is 1. The van der Waals surface area contributed by atoms with Gasteiger partial charge in [-0.25, -0.2) is 8.42 Å². The number of amides is 1. The third kappa shape index (κ3) is 3.78. The van der Waals surface area contributed by atoms with Crippen molar-refractivity contribution in [2.24, 2.45) is 5.92 Å². The Balaban J connectivity index is 1.47. The van der Waals surface area contributed by atoms with Crippen LogP contribution in [0.15, 0.2) is 24.3 Å². The number of rotatable bonds is 6. The van der Waals surface area contributed by atoms with Gasteiger partial charge >= 0.3 is 0 Å². The number of sulfonamides is 1. The molecule has 3 aliphatic heterocycles. The standard InChI is InChI=1S/C21H30N2O5S/c1-15(2)10-20(24)22-12-18-11-19-21(13-22,28-18)14-23(29(19,25)26)9-8-16-4-6-17(27-3)7-5-16/h4-7,15,18-19H,8-14H2,1-3H3/t18-,19+,21+/m0/s1. The molecule has 1 spiro atoms. The van der Waals surface area contributed by atoms with E-state index in [1.807, 2.05) is 43.0 Å². The fraction of sp³-hybridized carbons (Fsp3) is 0.667. The van der Waals surface area contributed by atoms with Crippen LogP contribution >= 0.6 is 0 Å². The van der Waals surface area contributed by atoms with Gasteiger partial charge in [0.05, 0.1) is 19.8 Å². The first kappa shape index (κ1) is 20.6. The van der Waals surface area contributed by atoms with E-state index in [0.717, 1.165) is 11.3 Å². The molecular weight excluding hydrogens is 392 g/mol. The Hall–Kier alpha value is -1.64. The van der Waals surface area contributed by atoms with Crippen LogP contribution in [-0.4, -0.2) is 73.8 Å². The van der Waals surface area contributed by atoms with E-state index in [1.165, 1.54) is 0 Å². The molecule has 160 valence electrons. The van der Waals surface area contributed by atoms with Crippen LogP contribution in [0.2, 0.25) is 0 Å². The summed E-state index contributed by atoms with van der Waals surface area (Å²) in [5.74, 6) is 1.16. The molecule has 0 aromatic heterocycles. The predicted octanol–water partition coefficient (Wildman–Crippen LogP) is 1.67. The van der Waals surface area contributed by atoms with Crippen molar-refractivity contribution in [1.29, 1.82) is 0 Å². The predicted molar refractivity (Wildman–Crippen MR) is 109 cm³/mol. The number of nitrogens with zero attached hydrogens (tertiary/aromatic N) is 2. The molecule has 4 rings (SSSR count). The number of hydrogen-bond acceptors (Lipinski definition) is 5. The summed E-state index contributed by atoms with van der Waals surface area (Å²) >= 11 is 0. The molecule has 7 nitrogen and oxygen atoms in total. The van der Waals surface area contributed by atoms with E-state index < -0.39 is 20.9 Å². The lowest BCUT2D eigenvalue weighted by atomic mass is 9.98. The number of carbonyl (C=O) groups is 1. The number of likely N-dealkylation sites (tertiary alicyclic amines) is 1. The minimum absolute atomic E-state index is 0.0994. The number of ether oxygens (including phenoxy) is 2. The zero-order chi connectivity index (χ0) is 20.8. The van der Waals surface area contributed by atoms with Crippen LogP contribution in [-0.2, 0) is 26.0 Å². The molecule has 29 heavy (non-hydrogen) atoms. The highest BCUT2D eigenvalue weighted by Crippen LogP contribution is 2.46. The van der Waals surface area contributed by atoms with Crippen molar-refractivity contribution in [1.82, 2.24) is 9.21 Å². The second-order valence-electron chi connectivity index (χ2n) is 8.88. The highest BCUT2D eigenvalue weighted by atomic mass is 32.2. The zero-order valence-corrected chi connectivity index (χ0v) is 18.2. The molecule has 0 N–H and O–H groups in total. The Morgan fingerprint density at radius 3 is 2.66 bits per heavy atom. The molecule has 3 atom stereocenters. The van der Waals surface area contributed by atoms with Crippen LogP contribution in [0.1, 0.15) is 32.3 Å². The smallest absolute Gasteiger partial charge is 0.223 e. The first-order chi connectivity index (χ1) is 13.7. The van der Waals surface area contributed by atoms with Crippen molar-refractivity contribution in [3.63, 3.8) is 0 Å². The molecule has 3 heterocycles. The van der Waals surface area contributed by atoms with Crippen molar-refractivity contribution in [3.8, 4) is 5.75 Å². The van der Waals surface area contributed by atoms with Gasteiger partial charge in [-0.15, -0.1) is 0 Å². The van der Waals surface area contributed by atoms with Crippen LogP contribution in [0.4, 0.5) is 0 Å². The van der Waals surface area contributed by atoms with Crippen molar-refractivity contribution in [2.45, 2.75) is 50.1 Å². The number of carbonyl (C=O) groups excluding carboxylic acids is 1. The second-order valence-corrected chi connectivity index (χ2v) is 11.0. The average molecular weight is 423 g/mol. The van der Waals surface area contributed by atoms with Gasteiger partial charge < -0.3 is 14.4 Å². The Bertz CT molecular complexity index is 870. The lowest BCUT2D eigenvalue weighted by Crippen LogP contribution is -2.56. The fourth-order valence-electron chi connectivity index (χ4n) is 4.86. The topological polar surface area (TPSA) is 76.2 Å². The molecule has 3 aliphatic rings. The van der Waals surface area contributed by atoms with Crippen molar-refractivity contribution in [2.75, 3.05) is 33.3 Å². The van der Waals surface area contributed by atoms with Gasteiger partial charge in [-0.3, -0.25) is 4.79 Å². The molecule has 1 amide bonds. The highest BCUT2D eigenvalue weighted by molar-refractivity contribution is 7.90. The van der Waals surface area contributed by atoms with Crippen molar-refractivity contribution in [3.05, 3.63) is 29.8 Å². The molecular formula is C21H30N2O5S. The van der Waals surface area contributed by atoms with Crippen LogP contribution in [0.3, 0.4) is 0 Å². The minimum Gasteiger partial charge on any atom is -0.497 e. The van der Waals surface area contributed by atoms with E-state index in [-0.39, 0.29) is 17.9 Å². The third-order valence-electron chi connectivity index (χ3n) is 6.26.